The first-order valence-corrected chi connectivity index (χ1v) is 10.1. The molecule has 6 nitrogen and oxygen atoms in total. The van der Waals surface area contributed by atoms with Gasteiger partial charge in [-0.15, -0.1) is 0 Å². The van der Waals surface area contributed by atoms with Crippen molar-refractivity contribution in [1.29, 1.82) is 0 Å². The van der Waals surface area contributed by atoms with Gasteiger partial charge in [0.1, 0.15) is 5.75 Å². The fraction of sp³-hybridized carbons (Fsp3) is 0.650. The summed E-state index contributed by atoms with van der Waals surface area (Å²) in [6, 6.07) is 5.65. The van der Waals surface area contributed by atoms with Gasteiger partial charge >= 0.3 is 0 Å². The van der Waals surface area contributed by atoms with E-state index in [0.29, 0.717) is 19.8 Å². The maximum absolute atomic E-state index is 9.33. The third kappa shape index (κ3) is 7.20. The van der Waals surface area contributed by atoms with Crippen molar-refractivity contribution < 1.29 is 14.6 Å². The Bertz CT molecular complexity index is 604. The molecule has 0 spiro atoms. The lowest BCUT2D eigenvalue weighted by atomic mass is 9.84. The van der Waals surface area contributed by atoms with Crippen molar-refractivity contribution in [3.63, 3.8) is 0 Å². The van der Waals surface area contributed by atoms with Crippen molar-refractivity contribution in [2.75, 3.05) is 46.1 Å². The lowest BCUT2D eigenvalue weighted by Gasteiger charge is -2.24. The van der Waals surface area contributed by atoms with Gasteiger partial charge in [-0.1, -0.05) is 11.6 Å². The third-order valence-electron chi connectivity index (χ3n) is 4.75. The highest BCUT2D eigenvalue weighted by atomic mass is 35.5. The minimum atomic E-state index is -0.0354. The molecule has 1 saturated heterocycles. The van der Waals surface area contributed by atoms with E-state index in [1.54, 1.807) is 0 Å². The topological polar surface area (TPSA) is 75.1 Å². The van der Waals surface area contributed by atoms with Gasteiger partial charge in [0.25, 0.3) is 0 Å². The van der Waals surface area contributed by atoms with Gasteiger partial charge in [-0.3, -0.25) is 4.99 Å². The molecule has 0 aromatic heterocycles. The van der Waals surface area contributed by atoms with Crippen LogP contribution in [0.15, 0.2) is 23.2 Å². The Kier molecular flexibility index (Phi) is 9.18. The summed E-state index contributed by atoms with van der Waals surface area (Å²) in [5.41, 5.74) is 1.00. The first-order chi connectivity index (χ1) is 13.1. The Morgan fingerprint density at radius 3 is 2.93 bits per heavy atom. The average Bonchev–Trinajstić information content (AvgIpc) is 3.10. The number of benzene rings is 1. The molecule has 152 valence electrons. The van der Waals surface area contributed by atoms with Crippen molar-refractivity contribution >= 4 is 17.6 Å². The molecule has 0 aliphatic carbocycles. The van der Waals surface area contributed by atoms with E-state index in [-0.39, 0.29) is 12.0 Å². The van der Waals surface area contributed by atoms with Gasteiger partial charge in [-0.2, -0.15) is 0 Å². The number of nitrogens with zero attached hydrogens (tertiary/aromatic N) is 1. The number of aliphatic hydroxyl groups excluding tert-OH is 1. The van der Waals surface area contributed by atoms with Gasteiger partial charge in [0.05, 0.1) is 19.8 Å². The third-order valence-corrected chi connectivity index (χ3v) is 4.99. The van der Waals surface area contributed by atoms with E-state index in [9.17, 15) is 5.11 Å². The molecule has 1 aromatic carbocycles. The summed E-state index contributed by atoms with van der Waals surface area (Å²) >= 11 is 5.96. The van der Waals surface area contributed by atoms with Gasteiger partial charge in [0.2, 0.25) is 0 Å². The number of aliphatic imine (C=N–C) groups is 1. The van der Waals surface area contributed by atoms with Gasteiger partial charge in [0, 0.05) is 36.7 Å². The zero-order chi connectivity index (χ0) is 19.5. The number of aryl methyl sites for hydroxylation is 1. The van der Waals surface area contributed by atoms with E-state index in [1.807, 2.05) is 32.0 Å². The summed E-state index contributed by atoms with van der Waals surface area (Å²) in [5.74, 6) is 1.66. The highest BCUT2D eigenvalue weighted by Gasteiger charge is 2.34. The number of nitrogens with one attached hydrogen (secondary N) is 2. The van der Waals surface area contributed by atoms with Crippen molar-refractivity contribution in [3.8, 4) is 5.75 Å². The van der Waals surface area contributed by atoms with Crippen molar-refractivity contribution in [2.24, 2.45) is 10.4 Å². The molecule has 27 heavy (non-hydrogen) atoms. The summed E-state index contributed by atoms with van der Waals surface area (Å²) < 4.78 is 11.4. The predicted molar refractivity (Wildman–Crippen MR) is 110 cm³/mol. The van der Waals surface area contributed by atoms with Gasteiger partial charge in [-0.25, -0.2) is 0 Å². The van der Waals surface area contributed by atoms with Crippen LogP contribution in [0.25, 0.3) is 0 Å². The predicted octanol–water partition coefficient (Wildman–Crippen LogP) is 2.76. The lowest BCUT2D eigenvalue weighted by Crippen LogP contribution is -2.39. The average molecular weight is 398 g/mol. The van der Waals surface area contributed by atoms with Crippen LogP contribution in [0, 0.1) is 12.3 Å². The molecule has 1 aliphatic heterocycles. The van der Waals surface area contributed by atoms with Crippen LogP contribution in [0.5, 0.6) is 5.75 Å². The monoisotopic (exact) mass is 397 g/mol. The molecule has 1 atom stereocenters. The van der Waals surface area contributed by atoms with Crippen LogP contribution >= 0.6 is 11.6 Å². The molecule has 0 bridgehead atoms. The van der Waals surface area contributed by atoms with E-state index in [0.717, 1.165) is 61.3 Å². The molecule has 0 saturated carbocycles. The van der Waals surface area contributed by atoms with E-state index < -0.39 is 0 Å². The summed E-state index contributed by atoms with van der Waals surface area (Å²) in [5, 5.41) is 16.7. The highest BCUT2D eigenvalue weighted by molar-refractivity contribution is 6.30. The second kappa shape index (κ2) is 11.4. The SMILES string of the molecule is CCNC(=NCC1(CCO)CCOC1)NCCCOc1ccc(Cl)cc1C. The number of hydrogen-bond acceptors (Lipinski definition) is 4. The molecule has 1 aromatic rings. The Hall–Kier alpha value is -1.50. The maximum Gasteiger partial charge on any atom is 0.191 e. The van der Waals surface area contributed by atoms with Gasteiger partial charge < -0.3 is 25.2 Å². The number of hydrogen-bond donors (Lipinski definition) is 3. The van der Waals surface area contributed by atoms with Crippen LogP contribution in [-0.2, 0) is 4.74 Å². The smallest absolute Gasteiger partial charge is 0.191 e. The van der Waals surface area contributed by atoms with Crippen LogP contribution in [0.4, 0.5) is 0 Å². The molecule has 1 unspecified atom stereocenters. The second-order valence-corrected chi connectivity index (χ2v) is 7.45. The lowest BCUT2D eigenvalue weighted by molar-refractivity contribution is 0.131. The van der Waals surface area contributed by atoms with Crippen LogP contribution in [0.1, 0.15) is 31.7 Å². The number of ether oxygens (including phenoxy) is 2. The number of aliphatic hydroxyl groups is 1. The Balaban J connectivity index is 1.76. The Labute approximate surface area is 167 Å². The Morgan fingerprint density at radius 1 is 1.41 bits per heavy atom. The molecule has 3 N–H and O–H groups in total. The summed E-state index contributed by atoms with van der Waals surface area (Å²) in [7, 11) is 0. The van der Waals surface area contributed by atoms with Crippen LogP contribution in [0.3, 0.4) is 0 Å². The number of guanidine groups is 1. The zero-order valence-electron chi connectivity index (χ0n) is 16.4. The van der Waals surface area contributed by atoms with Crippen molar-refractivity contribution in [1.82, 2.24) is 10.6 Å². The van der Waals surface area contributed by atoms with Gasteiger partial charge in [-0.05, 0) is 56.9 Å². The summed E-state index contributed by atoms with van der Waals surface area (Å²) in [6.07, 6.45) is 2.53. The second-order valence-electron chi connectivity index (χ2n) is 7.01. The Morgan fingerprint density at radius 2 is 2.26 bits per heavy atom. The molecule has 7 heteroatoms. The highest BCUT2D eigenvalue weighted by Crippen LogP contribution is 2.32. The molecule has 1 aliphatic rings. The minimum absolute atomic E-state index is 0.0354. The maximum atomic E-state index is 9.33. The molecule has 1 heterocycles. The first kappa shape index (κ1) is 21.8. The largest absolute Gasteiger partial charge is 0.493 e. The zero-order valence-corrected chi connectivity index (χ0v) is 17.1. The fourth-order valence-corrected chi connectivity index (χ4v) is 3.34. The van der Waals surface area contributed by atoms with Crippen LogP contribution in [0.2, 0.25) is 5.02 Å². The summed E-state index contributed by atoms with van der Waals surface area (Å²) in [6.45, 7) is 8.48. The molecule has 2 rings (SSSR count). The first-order valence-electron chi connectivity index (χ1n) is 9.68. The minimum Gasteiger partial charge on any atom is -0.493 e. The molecule has 1 fully saturated rings. The van der Waals surface area contributed by atoms with Crippen LogP contribution in [-0.4, -0.2) is 57.1 Å². The van der Waals surface area contributed by atoms with Crippen molar-refractivity contribution in [2.45, 2.75) is 33.1 Å². The fourth-order valence-electron chi connectivity index (χ4n) is 3.11. The van der Waals surface area contributed by atoms with E-state index in [1.165, 1.54) is 0 Å². The molecular formula is C20H32ClN3O3. The molecule has 0 amide bonds. The van der Waals surface area contributed by atoms with Crippen LogP contribution < -0.4 is 15.4 Å². The molecule has 0 radical (unpaired) electrons. The van der Waals surface area contributed by atoms with E-state index in [4.69, 9.17) is 26.1 Å². The van der Waals surface area contributed by atoms with Crippen molar-refractivity contribution in [3.05, 3.63) is 28.8 Å². The molecular weight excluding hydrogens is 366 g/mol. The normalized spacial score (nSPS) is 19.9. The quantitative estimate of drug-likeness (QED) is 0.321. The van der Waals surface area contributed by atoms with Gasteiger partial charge in [0.15, 0.2) is 5.96 Å². The summed E-state index contributed by atoms with van der Waals surface area (Å²) in [4.78, 5) is 4.71. The number of rotatable bonds is 10. The van der Waals surface area contributed by atoms with E-state index in [2.05, 4.69) is 10.6 Å². The van der Waals surface area contributed by atoms with E-state index >= 15 is 0 Å². The number of halogens is 1. The standard InChI is InChI=1S/C20H32ClN3O3/c1-3-22-19(24-14-20(7-10-25)8-12-26-15-20)23-9-4-11-27-18-6-5-17(21)13-16(18)2/h5-6,13,25H,3-4,7-12,14-15H2,1-2H3,(H2,22,23,24).